The fourth-order valence-electron chi connectivity index (χ4n) is 4.73. The van der Waals surface area contributed by atoms with Gasteiger partial charge in [0.05, 0.1) is 22.8 Å². The molecule has 2 aromatic heterocycles. The molecule has 8 nitrogen and oxygen atoms in total. The van der Waals surface area contributed by atoms with Crippen molar-refractivity contribution in [2.45, 2.75) is 59.1 Å². The summed E-state index contributed by atoms with van der Waals surface area (Å²) in [6, 6.07) is 5.75. The highest BCUT2D eigenvalue weighted by molar-refractivity contribution is 6.32. The number of imidazole rings is 1. The SMILES string of the molecule is C[C@@H]1CCN(c2ncc(Cl)c(Nc3ccc4c(c3)n(CCC(C)(C)O)c(=O)n4C)n2)C[C@H](C)C1. The first-order valence-electron chi connectivity index (χ1n) is 12.0. The van der Waals surface area contributed by atoms with Crippen molar-refractivity contribution < 1.29 is 5.11 Å². The van der Waals surface area contributed by atoms with Crippen LogP contribution in [0.1, 0.15) is 47.0 Å². The second-order valence-corrected chi connectivity index (χ2v) is 10.8. The normalized spacial score (nSPS) is 19.4. The Bertz CT molecular complexity index is 1230. The van der Waals surface area contributed by atoms with Gasteiger partial charge in [-0.3, -0.25) is 9.13 Å². The van der Waals surface area contributed by atoms with E-state index in [4.69, 9.17) is 16.6 Å². The second-order valence-electron chi connectivity index (χ2n) is 10.4. The zero-order valence-electron chi connectivity index (χ0n) is 20.7. The average Bonchev–Trinajstić information content (AvgIpc) is 2.88. The molecule has 0 unspecified atom stereocenters. The van der Waals surface area contributed by atoms with Crippen LogP contribution in [0.25, 0.3) is 11.0 Å². The molecule has 2 atom stereocenters. The van der Waals surface area contributed by atoms with Crippen LogP contribution in [0, 0.1) is 11.8 Å². The first-order chi connectivity index (χ1) is 16.0. The minimum Gasteiger partial charge on any atom is -0.390 e. The standard InChI is InChI=1S/C25H35ClN6O2/c1-16-8-10-31(15-17(2)12-16)23-27-14-19(26)22(29-23)28-18-6-7-20-21(13-18)32(24(33)30(20)5)11-9-25(3,4)34/h6-7,13-14,16-17,34H,8-12,15H2,1-5H3,(H,27,28,29)/t16-,17-/m1/s1. The minimum atomic E-state index is -0.856. The van der Waals surface area contributed by atoms with Gasteiger partial charge in [-0.05, 0) is 63.1 Å². The molecule has 0 amide bonds. The van der Waals surface area contributed by atoms with Crippen molar-refractivity contribution >= 4 is 40.1 Å². The van der Waals surface area contributed by atoms with Crippen molar-refractivity contribution in [3.63, 3.8) is 0 Å². The molecule has 4 rings (SSSR count). The fourth-order valence-corrected chi connectivity index (χ4v) is 4.87. The number of fused-ring (bicyclic) bond motifs is 1. The van der Waals surface area contributed by atoms with Crippen molar-refractivity contribution in [2.75, 3.05) is 23.3 Å². The van der Waals surface area contributed by atoms with E-state index in [2.05, 4.69) is 29.0 Å². The third kappa shape index (κ3) is 5.39. The molecular formula is C25H35ClN6O2. The highest BCUT2D eigenvalue weighted by Gasteiger charge is 2.22. The lowest BCUT2D eigenvalue weighted by atomic mass is 9.97. The lowest BCUT2D eigenvalue weighted by molar-refractivity contribution is 0.0662. The third-order valence-electron chi connectivity index (χ3n) is 6.60. The fraction of sp³-hybridized carbons (Fsp3) is 0.560. The van der Waals surface area contributed by atoms with Crippen molar-refractivity contribution in [3.8, 4) is 0 Å². The van der Waals surface area contributed by atoms with E-state index in [0.29, 0.717) is 41.6 Å². The number of aromatic nitrogens is 4. The molecule has 1 aliphatic rings. The number of rotatable bonds is 6. The van der Waals surface area contributed by atoms with E-state index in [9.17, 15) is 9.90 Å². The number of anilines is 3. The van der Waals surface area contributed by atoms with Crippen LogP contribution in [0.2, 0.25) is 5.02 Å². The Kier molecular flexibility index (Phi) is 6.92. The number of hydrogen-bond acceptors (Lipinski definition) is 6. The molecule has 0 spiro atoms. The summed E-state index contributed by atoms with van der Waals surface area (Å²) in [6.45, 7) is 10.3. The van der Waals surface area contributed by atoms with E-state index in [1.807, 2.05) is 18.2 Å². The van der Waals surface area contributed by atoms with Crippen molar-refractivity contribution in [2.24, 2.45) is 18.9 Å². The Balaban J connectivity index is 1.63. The van der Waals surface area contributed by atoms with Gasteiger partial charge in [0.1, 0.15) is 5.02 Å². The van der Waals surface area contributed by atoms with Crippen LogP contribution in [0.3, 0.4) is 0 Å². The molecule has 2 N–H and O–H groups in total. The smallest absolute Gasteiger partial charge is 0.328 e. The molecule has 0 aliphatic carbocycles. The molecule has 9 heteroatoms. The summed E-state index contributed by atoms with van der Waals surface area (Å²) in [4.78, 5) is 24.3. The summed E-state index contributed by atoms with van der Waals surface area (Å²) in [7, 11) is 1.76. The van der Waals surface area contributed by atoms with Gasteiger partial charge < -0.3 is 15.3 Å². The molecule has 1 fully saturated rings. The van der Waals surface area contributed by atoms with Gasteiger partial charge in [0, 0.05) is 32.4 Å². The van der Waals surface area contributed by atoms with Gasteiger partial charge in [-0.25, -0.2) is 9.78 Å². The van der Waals surface area contributed by atoms with Crippen LogP contribution in [-0.2, 0) is 13.6 Å². The number of nitrogens with one attached hydrogen (secondary N) is 1. The summed E-state index contributed by atoms with van der Waals surface area (Å²) in [6.07, 6.45) is 4.44. The second kappa shape index (κ2) is 9.58. The maximum Gasteiger partial charge on any atom is 0.328 e. The summed E-state index contributed by atoms with van der Waals surface area (Å²) in [5.41, 5.74) is 1.43. The topological polar surface area (TPSA) is 88.2 Å². The number of benzene rings is 1. The van der Waals surface area contributed by atoms with Crippen molar-refractivity contribution in [1.29, 1.82) is 0 Å². The van der Waals surface area contributed by atoms with Gasteiger partial charge in [-0.1, -0.05) is 25.4 Å². The first kappa shape index (κ1) is 24.5. The Labute approximate surface area is 205 Å². The van der Waals surface area contributed by atoms with E-state index >= 15 is 0 Å². The highest BCUT2D eigenvalue weighted by atomic mass is 35.5. The van der Waals surface area contributed by atoms with Crippen molar-refractivity contribution in [1.82, 2.24) is 19.1 Å². The molecule has 0 bridgehead atoms. The van der Waals surface area contributed by atoms with E-state index in [1.165, 1.54) is 6.42 Å². The van der Waals surface area contributed by atoms with Crippen molar-refractivity contribution in [3.05, 3.63) is 39.9 Å². The van der Waals surface area contributed by atoms with Gasteiger partial charge in [0.2, 0.25) is 5.95 Å². The Morgan fingerprint density at radius 3 is 2.74 bits per heavy atom. The Hall–Kier alpha value is -2.58. The third-order valence-corrected chi connectivity index (χ3v) is 6.87. The maximum atomic E-state index is 12.8. The first-order valence-corrected chi connectivity index (χ1v) is 12.4. The van der Waals surface area contributed by atoms with Gasteiger partial charge in [-0.15, -0.1) is 0 Å². The van der Waals surface area contributed by atoms with Crippen LogP contribution < -0.4 is 15.9 Å². The number of hydrogen-bond donors (Lipinski definition) is 2. The maximum absolute atomic E-state index is 12.8. The minimum absolute atomic E-state index is 0.108. The number of aryl methyl sites for hydroxylation is 2. The molecule has 34 heavy (non-hydrogen) atoms. The van der Waals surface area contributed by atoms with Crippen LogP contribution in [-0.4, -0.2) is 42.9 Å². The molecule has 3 aromatic rings. The van der Waals surface area contributed by atoms with Gasteiger partial charge in [-0.2, -0.15) is 4.98 Å². The van der Waals surface area contributed by atoms with E-state index < -0.39 is 5.60 Å². The van der Waals surface area contributed by atoms with E-state index in [0.717, 1.165) is 36.2 Å². The molecule has 1 saturated heterocycles. The molecule has 0 saturated carbocycles. The van der Waals surface area contributed by atoms with Crippen LogP contribution in [0.15, 0.2) is 29.2 Å². The predicted molar refractivity (Wildman–Crippen MR) is 138 cm³/mol. The molecule has 1 aromatic carbocycles. The van der Waals surface area contributed by atoms with Gasteiger partial charge >= 0.3 is 5.69 Å². The molecule has 0 radical (unpaired) electrons. The lowest BCUT2D eigenvalue weighted by Crippen LogP contribution is -2.29. The Morgan fingerprint density at radius 1 is 1.24 bits per heavy atom. The summed E-state index contributed by atoms with van der Waals surface area (Å²) in [5.74, 6) is 2.49. The highest BCUT2D eigenvalue weighted by Crippen LogP contribution is 2.29. The van der Waals surface area contributed by atoms with Crippen LogP contribution in [0.4, 0.5) is 17.5 Å². The Morgan fingerprint density at radius 2 is 2.00 bits per heavy atom. The van der Waals surface area contributed by atoms with E-state index in [1.54, 1.807) is 36.2 Å². The summed E-state index contributed by atoms with van der Waals surface area (Å²) >= 11 is 6.45. The van der Waals surface area contributed by atoms with Gasteiger partial charge in [0.25, 0.3) is 0 Å². The number of aliphatic hydroxyl groups is 1. The number of halogens is 1. The molecular weight excluding hydrogens is 452 g/mol. The van der Waals surface area contributed by atoms with Crippen LogP contribution in [0.5, 0.6) is 0 Å². The zero-order chi connectivity index (χ0) is 24.6. The predicted octanol–water partition coefficient (Wildman–Crippen LogP) is 4.56. The molecule has 1 aliphatic heterocycles. The van der Waals surface area contributed by atoms with Gasteiger partial charge in [0.15, 0.2) is 5.82 Å². The quantitative estimate of drug-likeness (QED) is 0.531. The largest absolute Gasteiger partial charge is 0.390 e. The monoisotopic (exact) mass is 486 g/mol. The lowest BCUT2D eigenvalue weighted by Gasteiger charge is -2.23. The summed E-state index contributed by atoms with van der Waals surface area (Å²) < 4.78 is 3.33. The molecule has 184 valence electrons. The average molecular weight is 487 g/mol. The molecule has 3 heterocycles. The van der Waals surface area contributed by atoms with Crippen LogP contribution >= 0.6 is 11.6 Å². The zero-order valence-corrected chi connectivity index (χ0v) is 21.4. The number of nitrogens with zero attached hydrogens (tertiary/aromatic N) is 5. The van der Waals surface area contributed by atoms with E-state index in [-0.39, 0.29) is 5.69 Å². The summed E-state index contributed by atoms with van der Waals surface area (Å²) in [5, 5.41) is 13.9.